The van der Waals surface area contributed by atoms with E-state index in [4.69, 9.17) is 11.6 Å². The zero-order valence-corrected chi connectivity index (χ0v) is 13.5. The minimum Gasteiger partial charge on any atom is -0.301 e. The molecule has 1 heterocycles. The first kappa shape index (κ1) is 15.2. The van der Waals surface area contributed by atoms with Gasteiger partial charge in [0.25, 0.3) is 0 Å². The molecular formula is C12H13ClN2O3S2. The Balaban J connectivity index is 2.31. The van der Waals surface area contributed by atoms with Crippen LogP contribution in [0.15, 0.2) is 18.2 Å². The van der Waals surface area contributed by atoms with Gasteiger partial charge >= 0.3 is 0 Å². The second-order valence-corrected chi connectivity index (χ2v) is 8.90. The van der Waals surface area contributed by atoms with Gasteiger partial charge in [0.2, 0.25) is 5.91 Å². The van der Waals surface area contributed by atoms with E-state index in [2.05, 4.69) is 10.3 Å². The summed E-state index contributed by atoms with van der Waals surface area (Å²) >= 11 is 7.12. The molecule has 0 aliphatic heterocycles. The van der Waals surface area contributed by atoms with Gasteiger partial charge in [0.05, 0.1) is 10.2 Å². The average Bonchev–Trinajstić information content (AvgIpc) is 2.68. The summed E-state index contributed by atoms with van der Waals surface area (Å²) in [5.74, 6) is -0.606. The number of nitrogens with one attached hydrogen (secondary N) is 1. The molecular weight excluding hydrogens is 320 g/mol. The molecule has 108 valence electrons. The smallest absolute Gasteiger partial charge is 0.247 e. The lowest BCUT2D eigenvalue weighted by Gasteiger charge is -2.20. The van der Waals surface area contributed by atoms with Crippen molar-refractivity contribution in [2.75, 3.05) is 11.6 Å². The minimum atomic E-state index is -3.51. The number of thiazole rings is 1. The van der Waals surface area contributed by atoms with Gasteiger partial charge in [-0.2, -0.15) is 0 Å². The van der Waals surface area contributed by atoms with Gasteiger partial charge in [0.1, 0.15) is 4.75 Å². The van der Waals surface area contributed by atoms with Crippen LogP contribution >= 0.6 is 22.9 Å². The van der Waals surface area contributed by atoms with E-state index in [0.29, 0.717) is 15.7 Å². The van der Waals surface area contributed by atoms with Crippen molar-refractivity contribution in [1.29, 1.82) is 0 Å². The molecule has 0 radical (unpaired) electrons. The Bertz CT molecular complexity index is 781. The summed E-state index contributed by atoms with van der Waals surface area (Å²) in [7, 11) is -3.51. The van der Waals surface area contributed by atoms with Crippen molar-refractivity contribution in [1.82, 2.24) is 4.98 Å². The number of fused-ring (bicyclic) bond motifs is 1. The van der Waals surface area contributed by atoms with Gasteiger partial charge in [-0.15, -0.1) is 0 Å². The van der Waals surface area contributed by atoms with Crippen molar-refractivity contribution in [3.63, 3.8) is 0 Å². The van der Waals surface area contributed by atoms with Crippen molar-refractivity contribution in [2.24, 2.45) is 0 Å². The number of nitrogens with zero attached hydrogens (tertiary/aromatic N) is 1. The van der Waals surface area contributed by atoms with E-state index >= 15 is 0 Å². The van der Waals surface area contributed by atoms with Crippen molar-refractivity contribution in [3.05, 3.63) is 23.2 Å². The molecule has 0 atom stereocenters. The normalized spacial score (nSPS) is 12.6. The Labute approximate surface area is 125 Å². The SMILES string of the molecule is CC(C)(C(=O)Nc1nc2ccc(Cl)cc2s1)S(C)(=O)=O. The molecule has 0 bridgehead atoms. The molecule has 5 nitrogen and oxygen atoms in total. The molecule has 1 N–H and O–H groups in total. The molecule has 2 rings (SSSR count). The van der Waals surface area contributed by atoms with E-state index in [0.717, 1.165) is 11.0 Å². The number of sulfone groups is 1. The van der Waals surface area contributed by atoms with E-state index in [-0.39, 0.29) is 0 Å². The molecule has 2 aromatic rings. The number of hydrogen-bond acceptors (Lipinski definition) is 5. The van der Waals surface area contributed by atoms with Crippen molar-refractivity contribution >= 4 is 54.0 Å². The Morgan fingerprint density at radius 2 is 2.05 bits per heavy atom. The fourth-order valence-electron chi connectivity index (χ4n) is 1.37. The Morgan fingerprint density at radius 1 is 1.40 bits per heavy atom. The summed E-state index contributed by atoms with van der Waals surface area (Å²) in [5.41, 5.74) is 0.701. The first-order valence-electron chi connectivity index (χ1n) is 5.68. The van der Waals surface area contributed by atoms with Crippen molar-refractivity contribution in [2.45, 2.75) is 18.6 Å². The van der Waals surface area contributed by atoms with Gasteiger partial charge in [-0.25, -0.2) is 13.4 Å². The van der Waals surface area contributed by atoms with E-state index < -0.39 is 20.5 Å². The number of anilines is 1. The van der Waals surface area contributed by atoms with Gasteiger partial charge in [0.15, 0.2) is 15.0 Å². The molecule has 0 saturated carbocycles. The van der Waals surface area contributed by atoms with Gasteiger partial charge in [-0.3, -0.25) is 4.79 Å². The van der Waals surface area contributed by atoms with Crippen LogP contribution in [0, 0.1) is 0 Å². The van der Waals surface area contributed by atoms with Crippen molar-refractivity contribution in [3.8, 4) is 0 Å². The fraction of sp³-hybridized carbons (Fsp3) is 0.333. The molecule has 1 aromatic heterocycles. The minimum absolute atomic E-state index is 0.351. The zero-order valence-electron chi connectivity index (χ0n) is 11.1. The quantitative estimate of drug-likeness (QED) is 0.937. The van der Waals surface area contributed by atoms with Crippen LogP contribution in [0.2, 0.25) is 5.02 Å². The van der Waals surface area contributed by atoms with E-state index in [9.17, 15) is 13.2 Å². The maximum absolute atomic E-state index is 12.1. The molecule has 0 fully saturated rings. The van der Waals surface area contributed by atoms with Gasteiger partial charge in [-0.1, -0.05) is 22.9 Å². The third kappa shape index (κ3) is 2.79. The Hall–Kier alpha value is -1.18. The van der Waals surface area contributed by atoms with E-state index in [1.54, 1.807) is 18.2 Å². The molecule has 8 heteroatoms. The number of rotatable bonds is 3. The third-order valence-corrected chi connectivity index (χ3v) is 6.25. The van der Waals surface area contributed by atoms with Gasteiger partial charge in [0, 0.05) is 11.3 Å². The summed E-state index contributed by atoms with van der Waals surface area (Å²) in [5, 5.41) is 3.47. The number of aromatic nitrogens is 1. The van der Waals surface area contributed by atoms with Crippen LogP contribution in [0.3, 0.4) is 0 Å². The number of halogens is 1. The van der Waals surface area contributed by atoms with Crippen LogP contribution in [0.1, 0.15) is 13.8 Å². The average molecular weight is 333 g/mol. The number of carbonyl (C=O) groups is 1. The lowest BCUT2D eigenvalue weighted by Crippen LogP contribution is -2.43. The highest BCUT2D eigenvalue weighted by molar-refractivity contribution is 7.92. The predicted octanol–water partition coefficient (Wildman–Crippen LogP) is 2.71. The highest BCUT2D eigenvalue weighted by Crippen LogP contribution is 2.29. The van der Waals surface area contributed by atoms with E-state index in [1.165, 1.54) is 25.2 Å². The second-order valence-electron chi connectivity index (χ2n) is 4.87. The van der Waals surface area contributed by atoms with Crippen LogP contribution in [-0.2, 0) is 14.6 Å². The number of hydrogen-bond donors (Lipinski definition) is 1. The predicted molar refractivity (Wildman–Crippen MR) is 82.2 cm³/mol. The first-order chi connectivity index (χ1) is 9.11. The number of amides is 1. The molecule has 20 heavy (non-hydrogen) atoms. The molecule has 0 aliphatic rings. The maximum atomic E-state index is 12.1. The topological polar surface area (TPSA) is 76.1 Å². The summed E-state index contributed by atoms with van der Waals surface area (Å²) in [4.78, 5) is 16.3. The van der Waals surface area contributed by atoms with Crippen LogP contribution in [-0.4, -0.2) is 30.3 Å². The van der Waals surface area contributed by atoms with E-state index in [1.807, 2.05) is 0 Å². The van der Waals surface area contributed by atoms with Crippen LogP contribution < -0.4 is 5.32 Å². The summed E-state index contributed by atoms with van der Waals surface area (Å²) in [6.07, 6.45) is 1.03. The van der Waals surface area contributed by atoms with Gasteiger partial charge < -0.3 is 5.32 Å². The fourth-order valence-corrected chi connectivity index (χ4v) is 2.89. The highest BCUT2D eigenvalue weighted by Gasteiger charge is 2.38. The molecule has 0 saturated heterocycles. The third-order valence-electron chi connectivity index (χ3n) is 3.04. The first-order valence-corrected chi connectivity index (χ1v) is 8.77. The lowest BCUT2D eigenvalue weighted by atomic mass is 10.2. The van der Waals surface area contributed by atoms with Crippen LogP contribution in [0.25, 0.3) is 10.2 Å². The second kappa shape index (κ2) is 4.98. The van der Waals surface area contributed by atoms with Gasteiger partial charge in [-0.05, 0) is 32.0 Å². The number of benzene rings is 1. The zero-order chi connectivity index (χ0) is 15.1. The van der Waals surface area contributed by atoms with Crippen molar-refractivity contribution < 1.29 is 13.2 Å². The largest absolute Gasteiger partial charge is 0.301 e. The lowest BCUT2D eigenvalue weighted by molar-refractivity contribution is -0.117. The maximum Gasteiger partial charge on any atom is 0.247 e. The summed E-state index contributed by atoms with van der Waals surface area (Å²) < 4.78 is 22.5. The molecule has 1 amide bonds. The molecule has 0 spiro atoms. The Morgan fingerprint density at radius 3 is 2.65 bits per heavy atom. The summed E-state index contributed by atoms with van der Waals surface area (Å²) in [6, 6.07) is 5.19. The molecule has 0 aliphatic carbocycles. The monoisotopic (exact) mass is 332 g/mol. The highest BCUT2D eigenvalue weighted by atomic mass is 35.5. The molecule has 1 aromatic carbocycles. The molecule has 0 unspecified atom stereocenters. The summed E-state index contributed by atoms with van der Waals surface area (Å²) in [6.45, 7) is 2.73. The Kier molecular flexibility index (Phi) is 3.79. The standard InChI is InChI=1S/C12H13ClN2O3S2/c1-12(2,20(3,17)18)10(16)15-11-14-8-5-4-7(13)6-9(8)19-11/h4-6H,1-3H3,(H,14,15,16). The number of carbonyl (C=O) groups excluding carboxylic acids is 1. The van der Waals surface area contributed by atoms with Crippen LogP contribution in [0.4, 0.5) is 5.13 Å². The van der Waals surface area contributed by atoms with Crippen LogP contribution in [0.5, 0.6) is 0 Å².